The van der Waals surface area contributed by atoms with Gasteiger partial charge >= 0.3 is 0 Å². The number of amides is 1. The summed E-state index contributed by atoms with van der Waals surface area (Å²) in [4.78, 5) is 12.1. The second-order valence-corrected chi connectivity index (χ2v) is 5.82. The van der Waals surface area contributed by atoms with Crippen LogP contribution < -0.4 is 5.43 Å². The molecule has 0 fully saturated rings. The van der Waals surface area contributed by atoms with Gasteiger partial charge in [-0.1, -0.05) is 54.6 Å². The molecular formula is C21H16N4O2. The number of nitrogens with zero attached hydrogens (tertiary/aromatic N) is 2. The maximum atomic E-state index is 12.1. The third kappa shape index (κ3) is 3.85. The fraction of sp³-hybridized carbons (Fsp3) is 0. The summed E-state index contributed by atoms with van der Waals surface area (Å²) in [6, 6.07) is 23.3. The Morgan fingerprint density at radius 1 is 0.963 bits per heavy atom. The number of furan rings is 1. The van der Waals surface area contributed by atoms with E-state index in [1.54, 1.807) is 18.2 Å². The second kappa shape index (κ2) is 7.53. The van der Waals surface area contributed by atoms with Crippen LogP contribution in [0.5, 0.6) is 0 Å². The Morgan fingerprint density at radius 3 is 2.44 bits per heavy atom. The fourth-order valence-electron chi connectivity index (χ4n) is 2.63. The van der Waals surface area contributed by atoms with E-state index in [1.807, 2.05) is 42.5 Å². The van der Waals surface area contributed by atoms with Gasteiger partial charge in [0.25, 0.3) is 5.91 Å². The molecule has 2 N–H and O–H groups in total. The minimum atomic E-state index is -0.377. The maximum absolute atomic E-state index is 12.1. The summed E-state index contributed by atoms with van der Waals surface area (Å²) in [6.07, 6.45) is 2.96. The number of rotatable bonds is 5. The van der Waals surface area contributed by atoms with Gasteiger partial charge in [0.1, 0.15) is 11.5 Å². The number of carbonyl (C=O) groups excluding carboxylic acids is 1. The Bertz CT molecular complexity index is 1050. The van der Waals surface area contributed by atoms with Crippen molar-refractivity contribution >= 4 is 12.1 Å². The molecule has 0 aliphatic carbocycles. The molecule has 6 nitrogen and oxygen atoms in total. The molecule has 0 spiro atoms. The van der Waals surface area contributed by atoms with Crippen molar-refractivity contribution in [2.45, 2.75) is 0 Å². The zero-order valence-corrected chi connectivity index (χ0v) is 14.3. The molecule has 0 unspecified atom stereocenters. The van der Waals surface area contributed by atoms with Gasteiger partial charge in [-0.05, 0) is 29.3 Å². The Labute approximate surface area is 155 Å². The number of nitrogens with one attached hydrogen (secondary N) is 2. The molecular weight excluding hydrogens is 340 g/mol. The van der Waals surface area contributed by atoms with Crippen LogP contribution in [0.15, 0.2) is 88.6 Å². The molecule has 4 rings (SSSR count). The molecule has 2 heterocycles. The minimum Gasteiger partial charge on any atom is -0.463 e. The number of benzene rings is 2. The maximum Gasteiger partial charge on any atom is 0.289 e. The molecule has 132 valence electrons. The largest absolute Gasteiger partial charge is 0.463 e. The summed E-state index contributed by atoms with van der Waals surface area (Å²) in [5.74, 6) is 0.177. The zero-order chi connectivity index (χ0) is 18.5. The highest BCUT2D eigenvalue weighted by molar-refractivity contribution is 5.94. The first-order chi connectivity index (χ1) is 13.3. The Kier molecular flexibility index (Phi) is 4.61. The third-order valence-electron chi connectivity index (χ3n) is 4.01. The van der Waals surface area contributed by atoms with Gasteiger partial charge in [-0.25, -0.2) is 5.43 Å². The Hall–Kier alpha value is -3.93. The van der Waals surface area contributed by atoms with Crippen molar-refractivity contribution in [3.63, 3.8) is 0 Å². The van der Waals surface area contributed by atoms with Gasteiger partial charge in [0.2, 0.25) is 0 Å². The van der Waals surface area contributed by atoms with Gasteiger partial charge < -0.3 is 4.42 Å². The van der Waals surface area contributed by atoms with Crippen LogP contribution in [0.25, 0.3) is 22.4 Å². The molecule has 0 atom stereocenters. The average Bonchev–Trinajstić information content (AvgIpc) is 3.41. The summed E-state index contributed by atoms with van der Waals surface area (Å²) < 4.78 is 5.10. The SMILES string of the molecule is O=C(N/N=C\c1ccco1)c1cc(-c2ccc(-c3ccccc3)cc2)n[nH]1. The average molecular weight is 356 g/mol. The number of hydrogen-bond acceptors (Lipinski definition) is 4. The second-order valence-electron chi connectivity index (χ2n) is 5.82. The Balaban J connectivity index is 1.45. The molecule has 1 amide bonds. The van der Waals surface area contributed by atoms with Gasteiger partial charge in [0.05, 0.1) is 18.2 Å². The van der Waals surface area contributed by atoms with E-state index in [4.69, 9.17) is 4.42 Å². The lowest BCUT2D eigenvalue weighted by Gasteiger charge is -2.02. The monoisotopic (exact) mass is 356 g/mol. The molecule has 0 aliphatic heterocycles. The summed E-state index contributed by atoms with van der Waals surface area (Å²) >= 11 is 0. The summed E-state index contributed by atoms with van der Waals surface area (Å²) in [5, 5.41) is 10.8. The minimum absolute atomic E-state index is 0.328. The molecule has 0 bridgehead atoms. The van der Waals surface area contributed by atoms with Crippen molar-refractivity contribution in [2.24, 2.45) is 5.10 Å². The molecule has 0 saturated carbocycles. The normalized spacial score (nSPS) is 11.0. The van der Waals surface area contributed by atoms with E-state index in [2.05, 4.69) is 32.9 Å². The van der Waals surface area contributed by atoms with E-state index < -0.39 is 0 Å². The predicted molar refractivity (Wildman–Crippen MR) is 103 cm³/mol. The van der Waals surface area contributed by atoms with E-state index in [9.17, 15) is 4.79 Å². The number of aromatic amines is 1. The topological polar surface area (TPSA) is 83.3 Å². The van der Waals surface area contributed by atoms with Gasteiger partial charge in [0.15, 0.2) is 0 Å². The van der Waals surface area contributed by atoms with E-state index in [0.717, 1.165) is 16.7 Å². The number of H-pyrrole nitrogens is 1. The van der Waals surface area contributed by atoms with Crippen LogP contribution >= 0.6 is 0 Å². The van der Waals surface area contributed by atoms with Crippen LogP contribution in [0, 0.1) is 0 Å². The van der Waals surface area contributed by atoms with Crippen molar-refractivity contribution in [3.8, 4) is 22.4 Å². The van der Waals surface area contributed by atoms with E-state index in [1.165, 1.54) is 12.5 Å². The van der Waals surface area contributed by atoms with Crippen LogP contribution in [-0.2, 0) is 0 Å². The van der Waals surface area contributed by atoms with Crippen molar-refractivity contribution in [1.82, 2.24) is 15.6 Å². The first-order valence-electron chi connectivity index (χ1n) is 8.38. The highest BCUT2D eigenvalue weighted by Gasteiger charge is 2.10. The number of hydrazone groups is 1. The van der Waals surface area contributed by atoms with Crippen molar-refractivity contribution < 1.29 is 9.21 Å². The standard InChI is InChI=1S/C21H16N4O2/c26-21(25-22-14-18-7-4-12-27-18)20-13-19(23-24-20)17-10-8-16(9-11-17)15-5-2-1-3-6-15/h1-14H,(H,23,24)(H,25,26)/b22-14-. The highest BCUT2D eigenvalue weighted by Crippen LogP contribution is 2.24. The van der Waals surface area contributed by atoms with Crippen LogP contribution in [0.2, 0.25) is 0 Å². The van der Waals surface area contributed by atoms with Gasteiger partial charge in [0, 0.05) is 5.56 Å². The van der Waals surface area contributed by atoms with Crippen molar-refractivity contribution in [3.05, 3.63) is 90.5 Å². The fourth-order valence-corrected chi connectivity index (χ4v) is 2.63. The van der Waals surface area contributed by atoms with Crippen LogP contribution in [0.3, 0.4) is 0 Å². The van der Waals surface area contributed by atoms with E-state index >= 15 is 0 Å². The van der Waals surface area contributed by atoms with Crippen LogP contribution in [0.1, 0.15) is 16.2 Å². The van der Waals surface area contributed by atoms with Gasteiger partial charge in [-0.15, -0.1) is 0 Å². The number of carbonyl (C=O) groups is 1. The lowest BCUT2D eigenvalue weighted by atomic mass is 10.0. The van der Waals surface area contributed by atoms with Crippen LogP contribution in [0.4, 0.5) is 0 Å². The lowest BCUT2D eigenvalue weighted by molar-refractivity contribution is 0.0950. The lowest BCUT2D eigenvalue weighted by Crippen LogP contribution is -2.17. The molecule has 2 aromatic heterocycles. The van der Waals surface area contributed by atoms with Crippen molar-refractivity contribution in [2.75, 3.05) is 0 Å². The smallest absolute Gasteiger partial charge is 0.289 e. The molecule has 0 aliphatic rings. The first-order valence-corrected chi connectivity index (χ1v) is 8.38. The first kappa shape index (κ1) is 16.5. The molecule has 6 heteroatoms. The number of aromatic nitrogens is 2. The molecule has 0 saturated heterocycles. The predicted octanol–water partition coefficient (Wildman–Crippen LogP) is 4.10. The van der Waals surface area contributed by atoms with Gasteiger partial charge in [-0.3, -0.25) is 9.89 Å². The third-order valence-corrected chi connectivity index (χ3v) is 4.01. The molecule has 27 heavy (non-hydrogen) atoms. The molecule has 0 radical (unpaired) electrons. The molecule has 2 aromatic carbocycles. The molecule has 4 aromatic rings. The Morgan fingerprint density at radius 2 is 1.70 bits per heavy atom. The number of hydrogen-bond donors (Lipinski definition) is 2. The summed E-state index contributed by atoms with van der Waals surface area (Å²) in [5.41, 5.74) is 6.65. The van der Waals surface area contributed by atoms with E-state index in [-0.39, 0.29) is 5.91 Å². The highest BCUT2D eigenvalue weighted by atomic mass is 16.3. The zero-order valence-electron chi connectivity index (χ0n) is 14.3. The van der Waals surface area contributed by atoms with Gasteiger partial charge in [-0.2, -0.15) is 10.2 Å². The quantitative estimate of drug-likeness (QED) is 0.417. The van der Waals surface area contributed by atoms with Crippen LogP contribution in [-0.4, -0.2) is 22.3 Å². The van der Waals surface area contributed by atoms with E-state index in [0.29, 0.717) is 17.1 Å². The summed E-state index contributed by atoms with van der Waals surface area (Å²) in [7, 11) is 0. The van der Waals surface area contributed by atoms with Crippen molar-refractivity contribution in [1.29, 1.82) is 0 Å². The summed E-state index contributed by atoms with van der Waals surface area (Å²) in [6.45, 7) is 0.